The molecule has 1 atom stereocenters. The molecule has 2 aromatic carbocycles. The van der Waals surface area contributed by atoms with Gasteiger partial charge in [-0.25, -0.2) is 0 Å². The molecule has 1 aliphatic carbocycles. The normalized spacial score (nSPS) is 17.5. The van der Waals surface area contributed by atoms with Crippen LogP contribution in [0, 0.1) is 46.6 Å². The SMILES string of the molecule is Cc1[c-]c(C)c2c(C)c(C)c3c(c2c1C)CCC(C)C3.[Y]. The van der Waals surface area contributed by atoms with Gasteiger partial charge in [0.25, 0.3) is 0 Å². The molecule has 2 aromatic rings. The summed E-state index contributed by atoms with van der Waals surface area (Å²) in [5.74, 6) is 0.829. The summed E-state index contributed by atoms with van der Waals surface area (Å²) in [5, 5.41) is 3.02. The first kappa shape index (κ1) is 17.2. The molecule has 0 fully saturated rings. The Kier molecular flexibility index (Phi) is 5.01. The first-order valence-electron chi connectivity index (χ1n) is 7.85. The number of benzene rings is 2. The molecule has 0 bridgehead atoms. The van der Waals surface area contributed by atoms with Gasteiger partial charge < -0.3 is 0 Å². The fraction of sp³-hybridized carbons (Fsp3) is 0.500. The molecule has 0 aromatic heterocycles. The predicted octanol–water partition coefficient (Wildman–Crippen LogP) is 5.30. The Labute approximate surface area is 154 Å². The second-order valence-corrected chi connectivity index (χ2v) is 6.81. The number of rotatable bonds is 0. The van der Waals surface area contributed by atoms with Gasteiger partial charge in [0.1, 0.15) is 0 Å². The van der Waals surface area contributed by atoms with E-state index in [0.29, 0.717) is 0 Å². The Morgan fingerprint density at radius 2 is 1.48 bits per heavy atom. The summed E-state index contributed by atoms with van der Waals surface area (Å²) >= 11 is 0. The van der Waals surface area contributed by atoms with Crippen LogP contribution >= 0.6 is 0 Å². The molecule has 21 heavy (non-hydrogen) atoms. The van der Waals surface area contributed by atoms with Crippen LogP contribution in [0.1, 0.15) is 52.3 Å². The van der Waals surface area contributed by atoms with Gasteiger partial charge in [-0.05, 0) is 37.7 Å². The van der Waals surface area contributed by atoms with Crippen molar-refractivity contribution in [3.8, 4) is 0 Å². The molecule has 1 aliphatic rings. The predicted molar refractivity (Wildman–Crippen MR) is 87.7 cm³/mol. The Hall–Kier alpha value is -0.196. The van der Waals surface area contributed by atoms with Crippen LogP contribution in [0.2, 0.25) is 0 Å². The van der Waals surface area contributed by atoms with E-state index in [0.717, 1.165) is 5.92 Å². The van der Waals surface area contributed by atoms with Gasteiger partial charge in [-0.2, -0.15) is 17.2 Å². The fourth-order valence-electron chi connectivity index (χ4n) is 4.03. The molecule has 109 valence electrons. The molecule has 1 heteroatoms. The van der Waals surface area contributed by atoms with Crippen LogP contribution in [-0.4, -0.2) is 0 Å². The molecule has 1 radical (unpaired) electrons. The first-order valence-corrected chi connectivity index (χ1v) is 7.85. The molecule has 0 spiro atoms. The Bertz CT molecular complexity index is 710. The van der Waals surface area contributed by atoms with Crippen molar-refractivity contribution in [1.82, 2.24) is 0 Å². The van der Waals surface area contributed by atoms with Gasteiger partial charge in [0, 0.05) is 32.7 Å². The monoisotopic (exact) mass is 354 g/mol. The summed E-state index contributed by atoms with van der Waals surface area (Å²) in [6, 6.07) is 3.57. The van der Waals surface area contributed by atoms with E-state index in [9.17, 15) is 0 Å². The van der Waals surface area contributed by atoms with Crippen molar-refractivity contribution in [1.29, 1.82) is 0 Å². The Morgan fingerprint density at radius 3 is 2.14 bits per heavy atom. The van der Waals surface area contributed by atoms with Crippen molar-refractivity contribution in [2.75, 3.05) is 0 Å². The maximum absolute atomic E-state index is 3.57. The molecule has 1 unspecified atom stereocenters. The Balaban J connectivity index is 0.00000161. The van der Waals surface area contributed by atoms with Crippen molar-refractivity contribution < 1.29 is 32.7 Å². The number of hydrogen-bond acceptors (Lipinski definition) is 0. The average Bonchev–Trinajstić information content (AvgIpc) is 2.40. The molecule has 0 saturated heterocycles. The zero-order chi connectivity index (χ0) is 14.6. The average molecular weight is 354 g/mol. The van der Waals surface area contributed by atoms with Crippen LogP contribution in [0.3, 0.4) is 0 Å². The van der Waals surface area contributed by atoms with Crippen LogP contribution in [0.15, 0.2) is 0 Å². The summed E-state index contributed by atoms with van der Waals surface area (Å²) < 4.78 is 0. The van der Waals surface area contributed by atoms with Crippen molar-refractivity contribution in [2.45, 2.75) is 60.8 Å². The quantitative estimate of drug-likeness (QED) is 0.563. The van der Waals surface area contributed by atoms with Crippen molar-refractivity contribution >= 4 is 10.8 Å². The Morgan fingerprint density at radius 1 is 0.810 bits per heavy atom. The molecule has 3 rings (SSSR count). The fourth-order valence-corrected chi connectivity index (χ4v) is 4.03. The van der Waals surface area contributed by atoms with E-state index in [-0.39, 0.29) is 32.7 Å². The van der Waals surface area contributed by atoms with Gasteiger partial charge in [0.2, 0.25) is 0 Å². The van der Waals surface area contributed by atoms with Crippen LogP contribution in [-0.2, 0) is 45.6 Å². The first-order chi connectivity index (χ1) is 9.41. The molecule has 0 N–H and O–H groups in total. The van der Waals surface area contributed by atoms with Gasteiger partial charge in [-0.3, -0.25) is 0 Å². The zero-order valence-electron chi connectivity index (χ0n) is 14.3. The minimum atomic E-state index is 0. The van der Waals surface area contributed by atoms with Crippen LogP contribution in [0.5, 0.6) is 0 Å². The van der Waals surface area contributed by atoms with Crippen LogP contribution in [0.25, 0.3) is 10.8 Å². The van der Waals surface area contributed by atoms with Gasteiger partial charge in [-0.15, -0.1) is 16.3 Å². The van der Waals surface area contributed by atoms with Gasteiger partial charge in [0.15, 0.2) is 0 Å². The second kappa shape index (κ2) is 6.13. The smallest absolute Gasteiger partial charge is 0 e. The molecule has 0 saturated carbocycles. The maximum Gasteiger partial charge on any atom is 0 e. The summed E-state index contributed by atoms with van der Waals surface area (Å²) in [7, 11) is 0. The molecule has 0 amide bonds. The molecule has 0 aliphatic heterocycles. The molecular weight excluding hydrogens is 329 g/mol. The third kappa shape index (κ3) is 2.64. The summed E-state index contributed by atoms with van der Waals surface area (Å²) in [5.41, 5.74) is 10.4. The molecule has 0 nitrogen and oxygen atoms in total. The van der Waals surface area contributed by atoms with E-state index in [2.05, 4.69) is 47.6 Å². The number of aryl methyl sites for hydroxylation is 5. The topological polar surface area (TPSA) is 0 Å². The van der Waals surface area contributed by atoms with Crippen molar-refractivity contribution in [3.63, 3.8) is 0 Å². The standard InChI is InChI=1S/C20H25.Y/c1-11-7-8-17-18(9-11)15(5)16(6)19-13(3)10-12(2)14(4)20(17)19;/h11H,7-9H2,1-6H3;/q-1;. The number of hydrogen-bond donors (Lipinski definition) is 0. The van der Waals surface area contributed by atoms with Crippen molar-refractivity contribution in [2.24, 2.45) is 5.92 Å². The third-order valence-electron chi connectivity index (χ3n) is 5.43. The van der Waals surface area contributed by atoms with Crippen molar-refractivity contribution in [3.05, 3.63) is 45.0 Å². The van der Waals surface area contributed by atoms with E-state index in [1.54, 1.807) is 16.5 Å². The summed E-state index contributed by atoms with van der Waals surface area (Å²) in [6.45, 7) is 13.7. The maximum atomic E-state index is 3.57. The third-order valence-corrected chi connectivity index (χ3v) is 5.43. The summed E-state index contributed by atoms with van der Waals surface area (Å²) in [6.07, 6.45) is 3.84. The van der Waals surface area contributed by atoms with E-state index in [1.165, 1.54) is 52.5 Å². The number of fused-ring (bicyclic) bond motifs is 3. The van der Waals surface area contributed by atoms with Gasteiger partial charge in [-0.1, -0.05) is 51.3 Å². The molecule has 0 heterocycles. The van der Waals surface area contributed by atoms with E-state index >= 15 is 0 Å². The van der Waals surface area contributed by atoms with E-state index in [1.807, 2.05) is 0 Å². The van der Waals surface area contributed by atoms with Crippen LogP contribution < -0.4 is 0 Å². The van der Waals surface area contributed by atoms with Gasteiger partial charge in [0.05, 0.1) is 0 Å². The van der Waals surface area contributed by atoms with E-state index < -0.39 is 0 Å². The minimum absolute atomic E-state index is 0. The second-order valence-electron chi connectivity index (χ2n) is 6.81. The van der Waals surface area contributed by atoms with E-state index in [4.69, 9.17) is 0 Å². The van der Waals surface area contributed by atoms with Gasteiger partial charge >= 0.3 is 0 Å². The zero-order valence-corrected chi connectivity index (χ0v) is 17.1. The minimum Gasteiger partial charge on any atom is -0.177 e. The largest absolute Gasteiger partial charge is 0.177 e. The van der Waals surface area contributed by atoms with Crippen LogP contribution in [0.4, 0.5) is 0 Å². The summed E-state index contributed by atoms with van der Waals surface area (Å²) in [4.78, 5) is 0. The molecular formula is C20H25Y-.